The normalized spacial score (nSPS) is 14.3. The highest BCUT2D eigenvalue weighted by atomic mass is 16.2. The topological polar surface area (TPSA) is 51.0 Å². The van der Waals surface area contributed by atoms with Gasteiger partial charge >= 0.3 is 0 Å². The molecule has 1 aromatic carbocycles. The van der Waals surface area contributed by atoms with E-state index in [4.69, 9.17) is 0 Å². The summed E-state index contributed by atoms with van der Waals surface area (Å²) in [7, 11) is 0. The van der Waals surface area contributed by atoms with Gasteiger partial charge in [-0.3, -0.25) is 4.79 Å². The van der Waals surface area contributed by atoms with E-state index in [0.717, 1.165) is 30.3 Å². The standard InChI is InChI=1S/C14H16N4O/c1-11-15-16-13-10-17(7-8-18(11)13)14(19)9-12-5-3-2-4-6-12/h2-6H,7-10H2,1H3. The molecule has 5 heteroatoms. The van der Waals surface area contributed by atoms with Gasteiger partial charge in [0.15, 0.2) is 5.82 Å². The van der Waals surface area contributed by atoms with Crippen LogP contribution in [-0.4, -0.2) is 32.1 Å². The van der Waals surface area contributed by atoms with Crippen LogP contribution in [-0.2, 0) is 24.3 Å². The number of carbonyl (C=O) groups is 1. The molecule has 5 nitrogen and oxygen atoms in total. The molecular weight excluding hydrogens is 240 g/mol. The Morgan fingerprint density at radius 2 is 2.00 bits per heavy atom. The van der Waals surface area contributed by atoms with Crippen LogP contribution in [0.15, 0.2) is 30.3 Å². The third-order valence-electron chi connectivity index (χ3n) is 3.49. The van der Waals surface area contributed by atoms with Crippen LogP contribution in [0.4, 0.5) is 0 Å². The lowest BCUT2D eigenvalue weighted by molar-refractivity contribution is -0.132. The lowest BCUT2D eigenvalue weighted by Crippen LogP contribution is -2.39. The number of amides is 1. The molecule has 0 saturated carbocycles. The summed E-state index contributed by atoms with van der Waals surface area (Å²) in [6, 6.07) is 9.83. The van der Waals surface area contributed by atoms with Gasteiger partial charge in [0.1, 0.15) is 5.82 Å². The van der Waals surface area contributed by atoms with Gasteiger partial charge in [-0.25, -0.2) is 0 Å². The van der Waals surface area contributed by atoms with Crippen LogP contribution in [0, 0.1) is 6.92 Å². The zero-order valence-corrected chi connectivity index (χ0v) is 10.9. The number of carbonyl (C=O) groups excluding carboxylic acids is 1. The number of benzene rings is 1. The summed E-state index contributed by atoms with van der Waals surface area (Å²) in [6.45, 7) is 4.02. The molecule has 0 aliphatic carbocycles. The van der Waals surface area contributed by atoms with E-state index in [1.165, 1.54) is 0 Å². The molecule has 0 atom stereocenters. The first-order chi connectivity index (χ1) is 9.24. The lowest BCUT2D eigenvalue weighted by Gasteiger charge is -2.27. The van der Waals surface area contributed by atoms with Gasteiger partial charge in [-0.2, -0.15) is 0 Å². The first kappa shape index (κ1) is 11.9. The average molecular weight is 256 g/mol. The van der Waals surface area contributed by atoms with Crippen LogP contribution in [0.2, 0.25) is 0 Å². The van der Waals surface area contributed by atoms with Crippen LogP contribution in [0.5, 0.6) is 0 Å². The SMILES string of the molecule is Cc1nnc2n1CCN(C(=O)Cc1ccccc1)C2. The second kappa shape index (κ2) is 4.84. The van der Waals surface area contributed by atoms with Gasteiger partial charge in [-0.15, -0.1) is 10.2 Å². The smallest absolute Gasteiger partial charge is 0.227 e. The Labute approximate surface area is 111 Å². The molecule has 1 aromatic heterocycles. The second-order valence-electron chi connectivity index (χ2n) is 4.79. The molecular formula is C14H16N4O. The van der Waals surface area contributed by atoms with Crippen molar-refractivity contribution in [2.24, 2.45) is 0 Å². The number of hydrogen-bond donors (Lipinski definition) is 0. The number of nitrogens with zero attached hydrogens (tertiary/aromatic N) is 4. The molecule has 98 valence electrons. The highest BCUT2D eigenvalue weighted by Gasteiger charge is 2.23. The number of aryl methyl sites for hydroxylation is 1. The highest BCUT2D eigenvalue weighted by Crippen LogP contribution is 2.13. The first-order valence-electron chi connectivity index (χ1n) is 6.44. The maximum absolute atomic E-state index is 12.3. The van der Waals surface area contributed by atoms with Crippen molar-refractivity contribution in [3.63, 3.8) is 0 Å². The van der Waals surface area contributed by atoms with Gasteiger partial charge in [0.2, 0.25) is 5.91 Å². The Morgan fingerprint density at radius 1 is 1.21 bits per heavy atom. The van der Waals surface area contributed by atoms with Gasteiger partial charge in [-0.1, -0.05) is 30.3 Å². The van der Waals surface area contributed by atoms with Crippen molar-refractivity contribution in [3.05, 3.63) is 47.5 Å². The van der Waals surface area contributed by atoms with Gasteiger partial charge in [0, 0.05) is 13.1 Å². The molecule has 2 heterocycles. The molecule has 0 radical (unpaired) electrons. The minimum absolute atomic E-state index is 0.151. The summed E-state index contributed by atoms with van der Waals surface area (Å²) < 4.78 is 2.08. The van der Waals surface area contributed by atoms with E-state index in [1.807, 2.05) is 42.2 Å². The van der Waals surface area contributed by atoms with Crippen molar-refractivity contribution in [1.82, 2.24) is 19.7 Å². The van der Waals surface area contributed by atoms with Gasteiger partial charge in [-0.05, 0) is 12.5 Å². The Morgan fingerprint density at radius 3 is 2.79 bits per heavy atom. The van der Waals surface area contributed by atoms with E-state index in [0.29, 0.717) is 13.0 Å². The van der Waals surface area contributed by atoms with Crippen LogP contribution < -0.4 is 0 Å². The summed E-state index contributed by atoms with van der Waals surface area (Å²) in [5, 5.41) is 8.17. The minimum atomic E-state index is 0.151. The number of rotatable bonds is 2. The van der Waals surface area contributed by atoms with Crippen molar-refractivity contribution in [2.45, 2.75) is 26.4 Å². The largest absolute Gasteiger partial charge is 0.333 e. The van der Waals surface area contributed by atoms with Gasteiger partial charge in [0.25, 0.3) is 0 Å². The van der Waals surface area contributed by atoms with E-state index in [-0.39, 0.29) is 5.91 Å². The van der Waals surface area contributed by atoms with Crippen LogP contribution >= 0.6 is 0 Å². The summed E-state index contributed by atoms with van der Waals surface area (Å²) in [5.74, 6) is 1.95. The third-order valence-corrected chi connectivity index (χ3v) is 3.49. The Hall–Kier alpha value is -2.17. The molecule has 0 saturated heterocycles. The Bertz CT molecular complexity index is 591. The van der Waals surface area contributed by atoms with Crippen LogP contribution in [0.1, 0.15) is 17.2 Å². The fourth-order valence-electron chi connectivity index (χ4n) is 2.40. The number of aromatic nitrogens is 3. The predicted octanol–water partition coefficient (Wildman–Crippen LogP) is 1.17. The fourth-order valence-corrected chi connectivity index (χ4v) is 2.40. The number of fused-ring (bicyclic) bond motifs is 1. The Kier molecular flexibility index (Phi) is 3.03. The molecule has 0 bridgehead atoms. The highest BCUT2D eigenvalue weighted by molar-refractivity contribution is 5.78. The first-order valence-corrected chi connectivity index (χ1v) is 6.44. The third kappa shape index (κ3) is 2.36. The van der Waals surface area contributed by atoms with Crippen molar-refractivity contribution in [3.8, 4) is 0 Å². The van der Waals surface area contributed by atoms with E-state index < -0.39 is 0 Å². The van der Waals surface area contributed by atoms with Crippen molar-refractivity contribution in [1.29, 1.82) is 0 Å². The molecule has 0 N–H and O–H groups in total. The van der Waals surface area contributed by atoms with Crippen LogP contribution in [0.3, 0.4) is 0 Å². The molecule has 19 heavy (non-hydrogen) atoms. The Balaban J connectivity index is 1.69. The van der Waals surface area contributed by atoms with E-state index in [1.54, 1.807) is 0 Å². The number of hydrogen-bond acceptors (Lipinski definition) is 3. The predicted molar refractivity (Wildman–Crippen MR) is 70.3 cm³/mol. The zero-order chi connectivity index (χ0) is 13.2. The molecule has 3 rings (SSSR count). The molecule has 0 spiro atoms. The molecule has 0 fully saturated rings. The van der Waals surface area contributed by atoms with E-state index in [9.17, 15) is 4.79 Å². The second-order valence-corrected chi connectivity index (χ2v) is 4.79. The summed E-state index contributed by atoms with van der Waals surface area (Å²) >= 11 is 0. The summed E-state index contributed by atoms with van der Waals surface area (Å²) in [5.41, 5.74) is 1.05. The van der Waals surface area contributed by atoms with Gasteiger partial charge < -0.3 is 9.47 Å². The molecule has 0 unspecified atom stereocenters. The maximum atomic E-state index is 12.3. The zero-order valence-electron chi connectivity index (χ0n) is 10.9. The van der Waals surface area contributed by atoms with Crippen LogP contribution in [0.25, 0.3) is 0 Å². The summed E-state index contributed by atoms with van der Waals surface area (Å²) in [4.78, 5) is 14.1. The average Bonchev–Trinajstić information content (AvgIpc) is 2.81. The van der Waals surface area contributed by atoms with E-state index in [2.05, 4.69) is 14.8 Å². The summed E-state index contributed by atoms with van der Waals surface area (Å²) in [6.07, 6.45) is 0.452. The lowest BCUT2D eigenvalue weighted by atomic mass is 10.1. The minimum Gasteiger partial charge on any atom is -0.333 e. The van der Waals surface area contributed by atoms with Crippen molar-refractivity contribution in [2.75, 3.05) is 6.54 Å². The molecule has 1 aliphatic heterocycles. The van der Waals surface area contributed by atoms with Gasteiger partial charge in [0.05, 0.1) is 13.0 Å². The van der Waals surface area contributed by atoms with Crippen molar-refractivity contribution >= 4 is 5.91 Å². The maximum Gasteiger partial charge on any atom is 0.227 e. The van der Waals surface area contributed by atoms with Crippen molar-refractivity contribution < 1.29 is 4.79 Å². The molecule has 1 amide bonds. The quantitative estimate of drug-likeness (QED) is 0.810. The fraction of sp³-hybridized carbons (Fsp3) is 0.357. The molecule has 2 aromatic rings. The monoisotopic (exact) mass is 256 g/mol. The molecule has 1 aliphatic rings. The van der Waals surface area contributed by atoms with E-state index >= 15 is 0 Å².